The van der Waals surface area contributed by atoms with Gasteiger partial charge in [0.2, 0.25) is 0 Å². The van der Waals surface area contributed by atoms with E-state index in [1.165, 1.54) is 25.7 Å². The average Bonchev–Trinajstić information content (AvgIpc) is 2.77. The second-order valence-corrected chi connectivity index (χ2v) is 4.96. The van der Waals surface area contributed by atoms with Crippen molar-refractivity contribution in [3.8, 4) is 0 Å². The Kier molecular flexibility index (Phi) is 7.65. The molecule has 18 heavy (non-hydrogen) atoms. The van der Waals surface area contributed by atoms with E-state index in [0.29, 0.717) is 6.42 Å². The number of aryl methyl sites for hydroxylation is 1. The molecular formula is C14H27N3O. The molecule has 0 saturated carbocycles. The minimum absolute atomic E-state index is 0.272. The molecule has 4 heteroatoms. The molecular weight excluding hydrogens is 226 g/mol. The Labute approximate surface area is 110 Å². The lowest BCUT2D eigenvalue weighted by Gasteiger charge is -2.10. The summed E-state index contributed by atoms with van der Waals surface area (Å²) in [6.07, 6.45) is 10.1. The van der Waals surface area contributed by atoms with Crippen LogP contribution in [0.2, 0.25) is 0 Å². The van der Waals surface area contributed by atoms with Crippen LogP contribution in [0.3, 0.4) is 0 Å². The first-order valence-corrected chi connectivity index (χ1v) is 7.32. The number of aromatic nitrogens is 3. The van der Waals surface area contributed by atoms with Gasteiger partial charge in [-0.3, -0.25) is 4.68 Å². The van der Waals surface area contributed by atoms with Crippen LogP contribution in [0, 0.1) is 0 Å². The molecule has 1 aromatic rings. The topological polar surface area (TPSA) is 50.9 Å². The third kappa shape index (κ3) is 5.63. The minimum atomic E-state index is -0.272. The van der Waals surface area contributed by atoms with Crippen LogP contribution in [-0.4, -0.2) is 26.0 Å². The van der Waals surface area contributed by atoms with Crippen LogP contribution in [0.15, 0.2) is 6.33 Å². The van der Waals surface area contributed by atoms with Crippen LogP contribution >= 0.6 is 0 Å². The van der Waals surface area contributed by atoms with Crippen molar-refractivity contribution in [2.24, 2.45) is 0 Å². The van der Waals surface area contributed by atoms with Crippen LogP contribution in [0.4, 0.5) is 0 Å². The predicted octanol–water partition coefficient (Wildman–Crippen LogP) is 2.95. The maximum absolute atomic E-state index is 9.99. The quantitative estimate of drug-likeness (QED) is 0.652. The summed E-state index contributed by atoms with van der Waals surface area (Å²) in [4.78, 5) is 4.22. The summed E-state index contributed by atoms with van der Waals surface area (Å²) >= 11 is 0. The van der Waals surface area contributed by atoms with E-state index in [0.717, 1.165) is 31.6 Å². The van der Waals surface area contributed by atoms with Gasteiger partial charge in [0.05, 0.1) is 6.10 Å². The summed E-state index contributed by atoms with van der Waals surface area (Å²) in [7, 11) is 0. The Bertz CT molecular complexity index is 312. The molecule has 1 aromatic heterocycles. The van der Waals surface area contributed by atoms with Crippen molar-refractivity contribution >= 4 is 0 Å². The van der Waals surface area contributed by atoms with Gasteiger partial charge in [-0.25, -0.2) is 4.98 Å². The Morgan fingerprint density at radius 3 is 2.67 bits per heavy atom. The Balaban J connectivity index is 2.22. The molecule has 1 heterocycles. The molecule has 0 saturated heterocycles. The van der Waals surface area contributed by atoms with E-state index < -0.39 is 0 Å². The maximum Gasteiger partial charge on any atom is 0.138 e. The lowest BCUT2D eigenvalue weighted by Crippen LogP contribution is -2.15. The van der Waals surface area contributed by atoms with Crippen LogP contribution in [0.5, 0.6) is 0 Å². The smallest absolute Gasteiger partial charge is 0.138 e. The number of hydrogen-bond donors (Lipinski definition) is 1. The standard InChI is InChI=1S/C14H27N3O/c1-3-5-6-7-8-9-13(18)11-14-15-12-16-17(14)10-4-2/h12-13,18H,3-11H2,1-2H3. The van der Waals surface area contributed by atoms with Gasteiger partial charge in [0, 0.05) is 13.0 Å². The highest BCUT2D eigenvalue weighted by Crippen LogP contribution is 2.10. The number of nitrogens with zero attached hydrogens (tertiary/aromatic N) is 3. The van der Waals surface area contributed by atoms with Gasteiger partial charge in [-0.2, -0.15) is 5.10 Å². The van der Waals surface area contributed by atoms with E-state index in [1.54, 1.807) is 6.33 Å². The van der Waals surface area contributed by atoms with Gasteiger partial charge in [0.15, 0.2) is 0 Å². The molecule has 1 atom stereocenters. The molecule has 0 spiro atoms. The fourth-order valence-electron chi connectivity index (χ4n) is 2.14. The van der Waals surface area contributed by atoms with Crippen molar-refractivity contribution in [2.45, 2.75) is 77.9 Å². The summed E-state index contributed by atoms with van der Waals surface area (Å²) < 4.78 is 1.90. The molecule has 0 amide bonds. The molecule has 4 nitrogen and oxygen atoms in total. The zero-order chi connectivity index (χ0) is 13.2. The first kappa shape index (κ1) is 15.2. The number of unbranched alkanes of at least 4 members (excludes halogenated alkanes) is 4. The van der Waals surface area contributed by atoms with Gasteiger partial charge < -0.3 is 5.11 Å². The highest BCUT2D eigenvalue weighted by Gasteiger charge is 2.10. The third-order valence-corrected chi connectivity index (χ3v) is 3.19. The molecule has 104 valence electrons. The van der Waals surface area contributed by atoms with Gasteiger partial charge in [-0.05, 0) is 12.8 Å². The molecule has 0 aliphatic rings. The van der Waals surface area contributed by atoms with E-state index in [-0.39, 0.29) is 6.10 Å². The minimum Gasteiger partial charge on any atom is -0.393 e. The van der Waals surface area contributed by atoms with Gasteiger partial charge >= 0.3 is 0 Å². The molecule has 1 unspecified atom stereocenters. The van der Waals surface area contributed by atoms with E-state index in [1.807, 2.05) is 4.68 Å². The second kappa shape index (κ2) is 9.09. The van der Waals surface area contributed by atoms with Crippen LogP contribution in [0.25, 0.3) is 0 Å². The first-order valence-electron chi connectivity index (χ1n) is 7.32. The van der Waals surface area contributed by atoms with Gasteiger partial charge in [-0.15, -0.1) is 0 Å². The number of aliphatic hydroxyl groups excluding tert-OH is 1. The molecule has 0 aliphatic carbocycles. The monoisotopic (exact) mass is 253 g/mol. The molecule has 0 radical (unpaired) electrons. The van der Waals surface area contributed by atoms with Gasteiger partial charge in [0.1, 0.15) is 12.2 Å². The van der Waals surface area contributed by atoms with Crippen molar-refractivity contribution in [1.29, 1.82) is 0 Å². The first-order chi connectivity index (χ1) is 8.77. The van der Waals surface area contributed by atoms with Crippen molar-refractivity contribution < 1.29 is 5.11 Å². The van der Waals surface area contributed by atoms with Crippen LogP contribution in [-0.2, 0) is 13.0 Å². The molecule has 0 bridgehead atoms. The molecule has 0 aromatic carbocycles. The Hall–Kier alpha value is -0.900. The molecule has 1 rings (SSSR count). The maximum atomic E-state index is 9.99. The van der Waals surface area contributed by atoms with Crippen LogP contribution < -0.4 is 0 Å². The summed E-state index contributed by atoms with van der Waals surface area (Å²) in [6, 6.07) is 0. The number of rotatable bonds is 10. The summed E-state index contributed by atoms with van der Waals surface area (Å²) in [5.41, 5.74) is 0. The third-order valence-electron chi connectivity index (χ3n) is 3.19. The lowest BCUT2D eigenvalue weighted by molar-refractivity contribution is 0.157. The van der Waals surface area contributed by atoms with E-state index in [2.05, 4.69) is 23.9 Å². The van der Waals surface area contributed by atoms with Crippen molar-refractivity contribution in [2.75, 3.05) is 0 Å². The Morgan fingerprint density at radius 2 is 1.94 bits per heavy atom. The van der Waals surface area contributed by atoms with E-state index in [9.17, 15) is 5.11 Å². The zero-order valence-corrected chi connectivity index (χ0v) is 11.8. The summed E-state index contributed by atoms with van der Waals surface area (Å²) in [5, 5.41) is 14.2. The van der Waals surface area contributed by atoms with Crippen molar-refractivity contribution in [1.82, 2.24) is 14.8 Å². The van der Waals surface area contributed by atoms with Gasteiger partial charge in [0.25, 0.3) is 0 Å². The number of aliphatic hydroxyl groups is 1. The second-order valence-electron chi connectivity index (χ2n) is 4.96. The fraction of sp³-hybridized carbons (Fsp3) is 0.857. The molecule has 0 fully saturated rings. The highest BCUT2D eigenvalue weighted by molar-refractivity contribution is 4.87. The van der Waals surface area contributed by atoms with Crippen molar-refractivity contribution in [3.05, 3.63) is 12.2 Å². The number of hydrogen-bond acceptors (Lipinski definition) is 3. The molecule has 0 aliphatic heterocycles. The lowest BCUT2D eigenvalue weighted by atomic mass is 10.1. The normalized spacial score (nSPS) is 12.8. The zero-order valence-electron chi connectivity index (χ0n) is 11.8. The van der Waals surface area contributed by atoms with Gasteiger partial charge in [-0.1, -0.05) is 46.0 Å². The molecule has 1 N–H and O–H groups in total. The SMILES string of the molecule is CCCCCCCC(O)Cc1ncnn1CCC. The summed E-state index contributed by atoms with van der Waals surface area (Å²) in [5.74, 6) is 0.915. The van der Waals surface area contributed by atoms with E-state index >= 15 is 0 Å². The average molecular weight is 253 g/mol. The largest absolute Gasteiger partial charge is 0.393 e. The van der Waals surface area contributed by atoms with E-state index in [4.69, 9.17) is 0 Å². The highest BCUT2D eigenvalue weighted by atomic mass is 16.3. The van der Waals surface area contributed by atoms with Crippen LogP contribution in [0.1, 0.15) is 64.6 Å². The fourth-order valence-corrected chi connectivity index (χ4v) is 2.14. The Morgan fingerprint density at radius 1 is 1.17 bits per heavy atom. The van der Waals surface area contributed by atoms with Crippen molar-refractivity contribution in [3.63, 3.8) is 0 Å². The summed E-state index contributed by atoms with van der Waals surface area (Å²) in [6.45, 7) is 5.23. The predicted molar refractivity (Wildman–Crippen MR) is 73.4 cm³/mol.